The molecule has 2 heterocycles. The van der Waals surface area contributed by atoms with Gasteiger partial charge in [-0.1, -0.05) is 0 Å². The lowest BCUT2D eigenvalue weighted by atomic mass is 9.71. The van der Waals surface area contributed by atoms with Crippen molar-refractivity contribution in [1.29, 1.82) is 0 Å². The average Bonchev–Trinajstić information content (AvgIpc) is 2.88. The topological polar surface area (TPSA) is 72.6 Å². The quantitative estimate of drug-likeness (QED) is 0.715. The molecule has 2 aliphatic heterocycles. The maximum atomic E-state index is 12.7. The summed E-state index contributed by atoms with van der Waals surface area (Å²) in [4.78, 5) is 25.9. The fourth-order valence-corrected chi connectivity index (χ4v) is 3.48. The number of rotatable bonds is 1. The maximum absolute atomic E-state index is 12.7. The number of ether oxygens (including phenoxy) is 1. The lowest BCUT2D eigenvalue weighted by Crippen LogP contribution is -2.40. The Labute approximate surface area is 112 Å². The van der Waals surface area contributed by atoms with Gasteiger partial charge in [-0.25, -0.2) is 4.79 Å². The second kappa shape index (κ2) is 4.34. The number of nitrogens with zero attached hydrogens (tertiary/aromatic N) is 1. The third-order valence-corrected chi connectivity index (χ3v) is 4.91. The number of esters is 1. The standard InChI is InChI=1S/C14H20N2O3/c1-9-11(8-19-12(9)17)16-7-6-14(13(16)18)4-2-10(15)3-5-14/h10H,2-8,15H2,1H3. The molecule has 19 heavy (non-hydrogen) atoms. The van der Waals surface area contributed by atoms with Crippen LogP contribution < -0.4 is 5.73 Å². The van der Waals surface area contributed by atoms with E-state index in [4.69, 9.17) is 10.5 Å². The minimum atomic E-state index is -0.297. The van der Waals surface area contributed by atoms with Crippen LogP contribution in [0.5, 0.6) is 0 Å². The second-order valence-electron chi connectivity index (χ2n) is 5.97. The predicted octanol–water partition coefficient (Wildman–Crippen LogP) is 0.937. The van der Waals surface area contributed by atoms with Crippen molar-refractivity contribution in [2.75, 3.05) is 13.2 Å². The van der Waals surface area contributed by atoms with Crippen LogP contribution in [0.4, 0.5) is 0 Å². The van der Waals surface area contributed by atoms with Crippen LogP contribution in [0.15, 0.2) is 11.3 Å². The maximum Gasteiger partial charge on any atom is 0.336 e. The van der Waals surface area contributed by atoms with E-state index in [1.807, 2.05) is 0 Å². The smallest absolute Gasteiger partial charge is 0.336 e. The number of likely N-dealkylation sites (tertiary alicyclic amines) is 1. The summed E-state index contributed by atoms with van der Waals surface area (Å²) >= 11 is 0. The zero-order valence-corrected chi connectivity index (χ0v) is 11.3. The van der Waals surface area contributed by atoms with Gasteiger partial charge in [-0.15, -0.1) is 0 Å². The van der Waals surface area contributed by atoms with E-state index < -0.39 is 0 Å². The molecular formula is C14H20N2O3. The second-order valence-corrected chi connectivity index (χ2v) is 5.97. The van der Waals surface area contributed by atoms with Gasteiger partial charge < -0.3 is 15.4 Å². The van der Waals surface area contributed by atoms with E-state index >= 15 is 0 Å². The summed E-state index contributed by atoms with van der Waals surface area (Å²) in [5.74, 6) is -0.124. The molecule has 0 unspecified atom stereocenters. The van der Waals surface area contributed by atoms with E-state index in [1.54, 1.807) is 11.8 Å². The summed E-state index contributed by atoms with van der Waals surface area (Å²) < 4.78 is 5.00. The molecule has 3 aliphatic rings. The highest BCUT2D eigenvalue weighted by Gasteiger charge is 2.49. The van der Waals surface area contributed by atoms with Crippen LogP contribution in [-0.2, 0) is 14.3 Å². The van der Waals surface area contributed by atoms with E-state index in [0.717, 1.165) is 37.8 Å². The number of carbonyl (C=O) groups excluding carboxylic acids is 2. The zero-order valence-electron chi connectivity index (χ0n) is 11.3. The van der Waals surface area contributed by atoms with Crippen molar-refractivity contribution in [2.24, 2.45) is 11.1 Å². The molecular weight excluding hydrogens is 244 g/mol. The van der Waals surface area contributed by atoms with Crippen LogP contribution in [0.2, 0.25) is 0 Å². The number of carbonyl (C=O) groups is 2. The predicted molar refractivity (Wildman–Crippen MR) is 68.9 cm³/mol. The Morgan fingerprint density at radius 3 is 2.53 bits per heavy atom. The lowest BCUT2D eigenvalue weighted by molar-refractivity contribution is -0.138. The van der Waals surface area contributed by atoms with Crippen molar-refractivity contribution in [3.8, 4) is 0 Å². The summed E-state index contributed by atoms with van der Waals surface area (Å²) in [5, 5.41) is 0. The highest BCUT2D eigenvalue weighted by molar-refractivity contribution is 5.94. The van der Waals surface area contributed by atoms with E-state index in [0.29, 0.717) is 12.1 Å². The van der Waals surface area contributed by atoms with Crippen LogP contribution in [0, 0.1) is 5.41 Å². The Kier molecular flexibility index (Phi) is 2.89. The first-order valence-corrected chi connectivity index (χ1v) is 6.98. The summed E-state index contributed by atoms with van der Waals surface area (Å²) in [6.45, 7) is 2.68. The molecule has 0 aromatic carbocycles. The molecule has 1 saturated carbocycles. The Morgan fingerprint density at radius 2 is 1.95 bits per heavy atom. The number of cyclic esters (lactones) is 1. The first-order valence-electron chi connectivity index (χ1n) is 6.98. The molecule has 1 saturated heterocycles. The van der Waals surface area contributed by atoms with Gasteiger partial charge >= 0.3 is 5.97 Å². The van der Waals surface area contributed by atoms with Crippen molar-refractivity contribution in [3.63, 3.8) is 0 Å². The largest absolute Gasteiger partial charge is 0.456 e. The first kappa shape index (κ1) is 12.7. The van der Waals surface area contributed by atoms with Gasteiger partial charge in [0.1, 0.15) is 6.61 Å². The number of nitrogens with two attached hydrogens (primary N) is 1. The van der Waals surface area contributed by atoms with E-state index in [9.17, 15) is 9.59 Å². The fourth-order valence-electron chi connectivity index (χ4n) is 3.48. The third kappa shape index (κ3) is 1.87. The molecule has 0 atom stereocenters. The molecule has 0 aromatic heterocycles. The molecule has 1 amide bonds. The first-order chi connectivity index (χ1) is 9.03. The van der Waals surface area contributed by atoms with Crippen LogP contribution in [0.25, 0.3) is 0 Å². The van der Waals surface area contributed by atoms with Gasteiger partial charge in [0, 0.05) is 12.6 Å². The number of amides is 1. The molecule has 2 fully saturated rings. The molecule has 5 nitrogen and oxygen atoms in total. The Morgan fingerprint density at radius 1 is 1.26 bits per heavy atom. The zero-order chi connectivity index (χ0) is 13.6. The van der Waals surface area contributed by atoms with Crippen LogP contribution >= 0.6 is 0 Å². The fraction of sp³-hybridized carbons (Fsp3) is 0.714. The molecule has 1 spiro atoms. The van der Waals surface area contributed by atoms with Crippen molar-refractivity contribution in [2.45, 2.75) is 45.1 Å². The van der Waals surface area contributed by atoms with Gasteiger partial charge in [0.05, 0.1) is 16.7 Å². The van der Waals surface area contributed by atoms with Crippen molar-refractivity contribution >= 4 is 11.9 Å². The molecule has 104 valence electrons. The SMILES string of the molecule is CC1=C(N2CCC3(CCC(N)CC3)C2=O)COC1=O. The Hall–Kier alpha value is -1.36. The Balaban J connectivity index is 1.81. The highest BCUT2D eigenvalue weighted by Crippen LogP contribution is 2.46. The molecule has 0 bridgehead atoms. The van der Waals surface area contributed by atoms with E-state index in [1.165, 1.54) is 0 Å². The average molecular weight is 264 g/mol. The van der Waals surface area contributed by atoms with Gasteiger partial charge in [0.2, 0.25) is 5.91 Å². The lowest BCUT2D eigenvalue weighted by Gasteiger charge is -2.34. The van der Waals surface area contributed by atoms with Crippen molar-refractivity contribution in [3.05, 3.63) is 11.3 Å². The summed E-state index contributed by atoms with van der Waals surface area (Å²) in [7, 11) is 0. The molecule has 1 aliphatic carbocycles. The van der Waals surface area contributed by atoms with E-state index in [2.05, 4.69) is 0 Å². The van der Waals surface area contributed by atoms with Gasteiger partial charge in [-0.3, -0.25) is 4.79 Å². The summed E-state index contributed by atoms with van der Waals surface area (Å²) in [6, 6.07) is 0.241. The van der Waals surface area contributed by atoms with Gasteiger partial charge in [-0.05, 0) is 39.0 Å². The minimum absolute atomic E-state index is 0.173. The van der Waals surface area contributed by atoms with E-state index in [-0.39, 0.29) is 29.9 Å². The van der Waals surface area contributed by atoms with Crippen LogP contribution in [0.3, 0.4) is 0 Å². The van der Waals surface area contributed by atoms with Crippen molar-refractivity contribution in [1.82, 2.24) is 4.90 Å². The molecule has 5 heteroatoms. The summed E-state index contributed by atoms with van der Waals surface area (Å²) in [5.41, 5.74) is 7.05. The molecule has 0 aromatic rings. The monoisotopic (exact) mass is 264 g/mol. The minimum Gasteiger partial charge on any atom is -0.456 e. The van der Waals surface area contributed by atoms with Crippen molar-refractivity contribution < 1.29 is 14.3 Å². The molecule has 2 N–H and O–H groups in total. The van der Waals surface area contributed by atoms with Crippen LogP contribution in [0.1, 0.15) is 39.0 Å². The third-order valence-electron chi connectivity index (χ3n) is 4.91. The molecule has 0 radical (unpaired) electrons. The summed E-state index contributed by atoms with van der Waals surface area (Å²) in [6.07, 6.45) is 4.48. The van der Waals surface area contributed by atoms with Crippen LogP contribution in [-0.4, -0.2) is 36.0 Å². The van der Waals surface area contributed by atoms with Gasteiger partial charge in [-0.2, -0.15) is 0 Å². The van der Waals surface area contributed by atoms with Gasteiger partial charge in [0.15, 0.2) is 0 Å². The Bertz CT molecular complexity index is 461. The van der Waals surface area contributed by atoms with Gasteiger partial charge in [0.25, 0.3) is 0 Å². The highest BCUT2D eigenvalue weighted by atomic mass is 16.5. The number of hydrogen-bond donors (Lipinski definition) is 1. The normalized spacial score (nSPS) is 35.5. The number of hydrogen-bond acceptors (Lipinski definition) is 4. The molecule has 3 rings (SSSR count).